The Labute approximate surface area is 201 Å². The highest BCUT2D eigenvalue weighted by Crippen LogP contribution is 2.36. The Morgan fingerprint density at radius 1 is 0.676 bits per heavy atom. The van der Waals surface area contributed by atoms with Gasteiger partial charge in [-0.25, -0.2) is 0 Å². The summed E-state index contributed by atoms with van der Waals surface area (Å²) in [5.41, 5.74) is 7.33. The first-order valence-electron chi connectivity index (χ1n) is 12.0. The summed E-state index contributed by atoms with van der Waals surface area (Å²) in [6.07, 6.45) is 8.19. The van der Waals surface area contributed by atoms with Crippen LogP contribution in [-0.4, -0.2) is 20.9 Å². The van der Waals surface area contributed by atoms with E-state index in [1.54, 1.807) is 0 Å². The molecule has 0 aliphatic carbocycles. The van der Waals surface area contributed by atoms with E-state index in [2.05, 4.69) is 77.8 Å². The van der Waals surface area contributed by atoms with Gasteiger partial charge in [0.2, 0.25) is 0 Å². The third-order valence-corrected chi connectivity index (χ3v) is 7.19. The summed E-state index contributed by atoms with van der Waals surface area (Å²) in [5.74, 6) is 0. The van der Waals surface area contributed by atoms with Crippen molar-refractivity contribution in [3.8, 4) is 11.1 Å². The molecule has 4 nitrogen and oxygen atoms in total. The van der Waals surface area contributed by atoms with Crippen molar-refractivity contribution < 1.29 is 14.4 Å². The smallest absolute Gasteiger partial charge is 0.324 e. The normalized spacial score (nSPS) is 11.7. The monoisotopic (exact) mass is 473 g/mol. The molecule has 0 saturated carbocycles. The van der Waals surface area contributed by atoms with Crippen molar-refractivity contribution in [2.24, 2.45) is 0 Å². The highest BCUT2D eigenvalue weighted by molar-refractivity contribution is 7.51. The number of aromatic nitrogens is 1. The highest BCUT2D eigenvalue weighted by atomic mass is 31.2. The van der Waals surface area contributed by atoms with E-state index < -0.39 is 7.60 Å². The van der Waals surface area contributed by atoms with Gasteiger partial charge in [0, 0.05) is 17.7 Å². The minimum atomic E-state index is -3.89. The van der Waals surface area contributed by atoms with E-state index in [4.69, 9.17) is 9.79 Å². The molecule has 1 aromatic heterocycles. The topological polar surface area (TPSA) is 70.4 Å². The number of unbranched alkanes of at least 4 members (excludes halogenated alkanes) is 2. The van der Waals surface area contributed by atoms with Gasteiger partial charge in [-0.2, -0.15) is 0 Å². The summed E-state index contributed by atoms with van der Waals surface area (Å²) in [7, 11) is -3.89. The van der Waals surface area contributed by atoms with Crippen molar-refractivity contribution >= 4 is 18.5 Å². The fourth-order valence-electron chi connectivity index (χ4n) is 4.49. The van der Waals surface area contributed by atoms with E-state index in [1.807, 2.05) is 12.3 Å². The van der Waals surface area contributed by atoms with Gasteiger partial charge in [-0.3, -0.25) is 9.55 Å². The molecule has 176 valence electrons. The molecule has 5 heteroatoms. The summed E-state index contributed by atoms with van der Waals surface area (Å²) < 4.78 is 11.0. The Morgan fingerprint density at radius 2 is 1.41 bits per heavy atom. The maximum Gasteiger partial charge on any atom is 0.325 e. The van der Waals surface area contributed by atoms with Crippen molar-refractivity contribution in [1.82, 2.24) is 4.98 Å². The predicted molar refractivity (Wildman–Crippen MR) is 140 cm³/mol. The summed E-state index contributed by atoms with van der Waals surface area (Å²) in [4.78, 5) is 22.7. The van der Waals surface area contributed by atoms with Gasteiger partial charge in [0.05, 0.1) is 5.52 Å². The summed E-state index contributed by atoms with van der Waals surface area (Å²) in [5, 5.41) is 1.15. The first-order valence-corrected chi connectivity index (χ1v) is 13.8. The first kappa shape index (κ1) is 24.3. The molecule has 2 N–H and O–H groups in total. The lowest BCUT2D eigenvalue weighted by molar-refractivity contribution is 0.371. The van der Waals surface area contributed by atoms with Crippen LogP contribution in [0.2, 0.25) is 0 Å². The number of nitrogens with zero attached hydrogens (tertiary/aromatic N) is 1. The lowest BCUT2D eigenvalue weighted by Crippen LogP contribution is -1.94. The zero-order valence-electron chi connectivity index (χ0n) is 19.4. The van der Waals surface area contributed by atoms with E-state index in [1.165, 1.54) is 27.8 Å². The third-order valence-electron chi connectivity index (χ3n) is 6.29. The van der Waals surface area contributed by atoms with E-state index in [9.17, 15) is 4.57 Å². The second-order valence-electron chi connectivity index (χ2n) is 8.91. The largest absolute Gasteiger partial charge is 0.325 e. The van der Waals surface area contributed by atoms with Gasteiger partial charge in [-0.15, -0.1) is 0 Å². The van der Waals surface area contributed by atoms with Crippen LogP contribution in [0.15, 0.2) is 85.1 Å². The molecule has 0 unspecified atom stereocenters. The fraction of sp³-hybridized carbons (Fsp3) is 0.276. The molecular formula is C29H32NO3P. The van der Waals surface area contributed by atoms with E-state index in [0.717, 1.165) is 49.4 Å². The molecule has 0 bridgehead atoms. The van der Waals surface area contributed by atoms with Gasteiger partial charge in [-0.05, 0) is 72.4 Å². The molecule has 0 saturated heterocycles. The van der Waals surface area contributed by atoms with Crippen molar-refractivity contribution in [2.75, 3.05) is 6.16 Å². The van der Waals surface area contributed by atoms with Crippen molar-refractivity contribution in [2.45, 2.75) is 44.9 Å². The number of benzene rings is 3. The fourth-order valence-corrected chi connectivity index (χ4v) is 5.12. The average molecular weight is 474 g/mol. The molecule has 0 spiro atoms. The van der Waals surface area contributed by atoms with Gasteiger partial charge in [0.25, 0.3) is 0 Å². The minimum Gasteiger partial charge on any atom is -0.324 e. The second-order valence-corrected chi connectivity index (χ2v) is 10.7. The van der Waals surface area contributed by atoms with Crippen LogP contribution >= 0.6 is 7.60 Å². The molecule has 0 aliphatic rings. The van der Waals surface area contributed by atoms with Crippen LogP contribution < -0.4 is 0 Å². The molecular weight excluding hydrogens is 441 g/mol. The number of rotatable bonds is 11. The lowest BCUT2D eigenvalue weighted by atomic mass is 9.94. The van der Waals surface area contributed by atoms with Crippen molar-refractivity contribution in [1.29, 1.82) is 0 Å². The predicted octanol–water partition coefficient (Wildman–Crippen LogP) is 6.97. The molecule has 0 aliphatic heterocycles. The van der Waals surface area contributed by atoms with Gasteiger partial charge in [0.1, 0.15) is 0 Å². The van der Waals surface area contributed by atoms with E-state index in [0.29, 0.717) is 6.42 Å². The molecule has 0 fully saturated rings. The van der Waals surface area contributed by atoms with Gasteiger partial charge < -0.3 is 9.79 Å². The molecule has 0 amide bonds. The van der Waals surface area contributed by atoms with Crippen LogP contribution in [0.25, 0.3) is 22.0 Å². The summed E-state index contributed by atoms with van der Waals surface area (Å²) >= 11 is 0. The number of hydrogen-bond donors (Lipinski definition) is 2. The Bertz CT molecular complexity index is 1250. The highest BCUT2D eigenvalue weighted by Gasteiger charge is 2.12. The Hall–Kier alpha value is -2.78. The first-order chi connectivity index (χ1) is 16.5. The van der Waals surface area contributed by atoms with Crippen LogP contribution in [-0.2, 0) is 23.8 Å². The standard InChI is InChI=1S/C29H32NO3P/c31-34(32,33)22-6-2-5-13-26-19-20-27(28-14-8-21-30-29(26)28)25-17-15-24(16-18-25)12-7-11-23-9-3-1-4-10-23/h1,3-4,8-10,14-21H,2,5-7,11-13,22H2,(H2,31,32,33). The number of aryl methyl sites for hydroxylation is 3. The molecule has 3 aromatic carbocycles. The van der Waals surface area contributed by atoms with E-state index in [-0.39, 0.29) is 6.16 Å². The minimum absolute atomic E-state index is 0.0345. The Kier molecular flexibility index (Phi) is 8.29. The van der Waals surface area contributed by atoms with Gasteiger partial charge in [0.15, 0.2) is 0 Å². The average Bonchev–Trinajstić information content (AvgIpc) is 2.84. The summed E-state index contributed by atoms with van der Waals surface area (Å²) in [6.45, 7) is 0. The van der Waals surface area contributed by atoms with Crippen LogP contribution in [0.4, 0.5) is 0 Å². The number of fused-ring (bicyclic) bond motifs is 1. The zero-order chi connectivity index (χ0) is 23.8. The SMILES string of the molecule is O=P(O)(O)CCCCCc1ccc(-c2ccc(CCCc3ccccc3)cc2)c2cccnc12. The maximum atomic E-state index is 11.0. The van der Waals surface area contributed by atoms with Gasteiger partial charge in [-0.1, -0.05) is 79.2 Å². The Morgan fingerprint density at radius 3 is 2.15 bits per heavy atom. The molecule has 0 radical (unpaired) electrons. The van der Waals surface area contributed by atoms with Crippen molar-refractivity contribution in [3.63, 3.8) is 0 Å². The number of hydrogen-bond acceptors (Lipinski definition) is 2. The van der Waals surface area contributed by atoms with Crippen LogP contribution in [0, 0.1) is 0 Å². The molecule has 34 heavy (non-hydrogen) atoms. The Balaban J connectivity index is 1.41. The van der Waals surface area contributed by atoms with Crippen LogP contribution in [0.1, 0.15) is 42.4 Å². The molecule has 0 atom stereocenters. The van der Waals surface area contributed by atoms with Crippen LogP contribution in [0.5, 0.6) is 0 Å². The van der Waals surface area contributed by atoms with Crippen molar-refractivity contribution in [3.05, 3.63) is 102 Å². The third kappa shape index (κ3) is 6.87. The number of pyridine rings is 1. The molecule has 4 rings (SSSR count). The van der Waals surface area contributed by atoms with E-state index >= 15 is 0 Å². The molecule has 1 heterocycles. The maximum absolute atomic E-state index is 11.0. The molecule has 4 aromatic rings. The quantitative estimate of drug-likeness (QED) is 0.182. The second kappa shape index (κ2) is 11.6. The zero-order valence-corrected chi connectivity index (χ0v) is 20.3. The lowest BCUT2D eigenvalue weighted by Gasteiger charge is -2.12. The summed E-state index contributed by atoms with van der Waals surface area (Å²) in [6, 6.07) is 28.0. The van der Waals surface area contributed by atoms with Crippen LogP contribution in [0.3, 0.4) is 0 Å². The van der Waals surface area contributed by atoms with Gasteiger partial charge >= 0.3 is 7.60 Å².